The zero-order chi connectivity index (χ0) is 14.8. The summed E-state index contributed by atoms with van der Waals surface area (Å²) in [5, 5.41) is -0.331. The molecule has 3 aliphatic heterocycles. The van der Waals surface area contributed by atoms with Crippen LogP contribution < -0.4 is 0 Å². The largest absolute Gasteiger partial charge is 0.367 e. The summed E-state index contributed by atoms with van der Waals surface area (Å²) < 4.78 is 35.4. The van der Waals surface area contributed by atoms with E-state index in [1.165, 1.54) is 0 Å². The van der Waals surface area contributed by atoms with Crippen molar-refractivity contribution in [2.24, 2.45) is 0 Å². The van der Waals surface area contributed by atoms with Crippen LogP contribution in [0.25, 0.3) is 0 Å². The molecule has 0 spiro atoms. The fourth-order valence-corrected chi connectivity index (χ4v) is 5.13. The van der Waals surface area contributed by atoms with Crippen LogP contribution in [0.3, 0.4) is 0 Å². The smallest absolute Gasteiger partial charge is 0.160 e. The van der Waals surface area contributed by atoms with Crippen LogP contribution in [0.5, 0.6) is 0 Å². The first-order valence-corrected chi connectivity index (χ1v) is 9.09. The van der Waals surface area contributed by atoms with E-state index in [0.717, 1.165) is 18.4 Å². The van der Waals surface area contributed by atoms with Crippen molar-refractivity contribution >= 4 is 9.84 Å². The third kappa shape index (κ3) is 2.55. The molecule has 4 atom stereocenters. The highest BCUT2D eigenvalue weighted by Gasteiger charge is 2.56. The SMILES string of the molecule is CC1=CCS(=O)(=O)C1CC1OC1(C)CCC1OC1(C)C. The summed E-state index contributed by atoms with van der Waals surface area (Å²) in [6, 6.07) is 0. The molecule has 0 bridgehead atoms. The first kappa shape index (κ1) is 14.5. The van der Waals surface area contributed by atoms with Crippen LogP contribution >= 0.6 is 0 Å². The number of hydrogen-bond acceptors (Lipinski definition) is 4. The first-order valence-electron chi connectivity index (χ1n) is 7.38. The van der Waals surface area contributed by atoms with E-state index < -0.39 is 9.84 Å². The molecule has 20 heavy (non-hydrogen) atoms. The fraction of sp³-hybridized carbons (Fsp3) is 0.867. The Bertz CT molecular complexity index is 548. The van der Waals surface area contributed by atoms with Crippen molar-refractivity contribution in [1.82, 2.24) is 0 Å². The van der Waals surface area contributed by atoms with E-state index in [1.54, 1.807) is 0 Å². The highest BCUT2D eigenvalue weighted by atomic mass is 32.2. The van der Waals surface area contributed by atoms with Crippen molar-refractivity contribution < 1.29 is 17.9 Å². The molecule has 0 saturated carbocycles. The molecule has 0 aromatic rings. The first-order chi connectivity index (χ1) is 9.14. The maximum absolute atomic E-state index is 12.0. The van der Waals surface area contributed by atoms with E-state index in [4.69, 9.17) is 9.47 Å². The van der Waals surface area contributed by atoms with Gasteiger partial charge in [-0.05, 0) is 47.0 Å². The van der Waals surface area contributed by atoms with E-state index in [-0.39, 0.29) is 28.3 Å². The molecule has 2 saturated heterocycles. The number of sulfone groups is 1. The molecule has 2 fully saturated rings. The molecule has 5 heteroatoms. The van der Waals surface area contributed by atoms with Crippen molar-refractivity contribution in [3.8, 4) is 0 Å². The Morgan fingerprint density at radius 3 is 2.40 bits per heavy atom. The maximum atomic E-state index is 12.0. The van der Waals surface area contributed by atoms with Gasteiger partial charge in [-0.15, -0.1) is 0 Å². The van der Waals surface area contributed by atoms with Gasteiger partial charge in [-0.25, -0.2) is 8.42 Å². The van der Waals surface area contributed by atoms with E-state index in [9.17, 15) is 8.42 Å². The van der Waals surface area contributed by atoms with Crippen LogP contribution in [0.1, 0.15) is 47.0 Å². The van der Waals surface area contributed by atoms with Crippen molar-refractivity contribution in [1.29, 1.82) is 0 Å². The highest BCUT2D eigenvalue weighted by molar-refractivity contribution is 7.92. The monoisotopic (exact) mass is 300 g/mol. The number of rotatable bonds is 5. The van der Waals surface area contributed by atoms with E-state index in [2.05, 4.69) is 20.8 Å². The van der Waals surface area contributed by atoms with Gasteiger partial charge in [0.05, 0.1) is 34.4 Å². The summed E-state index contributed by atoms with van der Waals surface area (Å²) in [6.45, 7) is 8.21. The van der Waals surface area contributed by atoms with Crippen molar-refractivity contribution in [3.05, 3.63) is 11.6 Å². The normalized spacial score (nSPS) is 44.2. The van der Waals surface area contributed by atoms with Crippen LogP contribution in [-0.4, -0.2) is 42.8 Å². The van der Waals surface area contributed by atoms with Gasteiger partial charge in [-0.1, -0.05) is 11.6 Å². The molecule has 4 nitrogen and oxygen atoms in total. The third-order valence-corrected chi connectivity index (χ3v) is 7.17. The van der Waals surface area contributed by atoms with Gasteiger partial charge < -0.3 is 9.47 Å². The Kier molecular flexibility index (Phi) is 3.13. The van der Waals surface area contributed by atoms with Gasteiger partial charge in [0.1, 0.15) is 0 Å². The van der Waals surface area contributed by atoms with Crippen LogP contribution in [0.15, 0.2) is 11.6 Å². The van der Waals surface area contributed by atoms with Gasteiger partial charge in [0.15, 0.2) is 9.84 Å². The Morgan fingerprint density at radius 1 is 1.25 bits per heavy atom. The lowest BCUT2D eigenvalue weighted by Crippen LogP contribution is -2.23. The lowest BCUT2D eigenvalue weighted by Gasteiger charge is -2.11. The molecule has 4 unspecified atom stereocenters. The second-order valence-electron chi connectivity index (χ2n) is 7.17. The van der Waals surface area contributed by atoms with Crippen LogP contribution in [0.4, 0.5) is 0 Å². The Morgan fingerprint density at radius 2 is 1.90 bits per heavy atom. The lowest BCUT2D eigenvalue weighted by atomic mass is 9.94. The van der Waals surface area contributed by atoms with Crippen LogP contribution in [-0.2, 0) is 19.3 Å². The minimum absolute atomic E-state index is 0.0227. The number of epoxide rings is 2. The predicted molar refractivity (Wildman–Crippen MR) is 77.4 cm³/mol. The van der Waals surface area contributed by atoms with E-state index in [0.29, 0.717) is 12.5 Å². The standard InChI is InChI=1S/C15H24O4S/c1-10-6-8-20(16,17)11(10)9-13-15(4,19-13)7-5-12-14(2,3)18-12/h6,11-13H,5,7-9H2,1-4H3. The topological polar surface area (TPSA) is 59.2 Å². The average molecular weight is 300 g/mol. The Labute approximate surface area is 121 Å². The minimum Gasteiger partial charge on any atom is -0.367 e. The second-order valence-corrected chi connectivity index (χ2v) is 9.40. The van der Waals surface area contributed by atoms with Gasteiger partial charge in [-0.2, -0.15) is 0 Å². The molecule has 3 aliphatic rings. The molecule has 3 heterocycles. The molecule has 0 amide bonds. The Balaban J connectivity index is 1.52. The molecule has 0 aromatic carbocycles. The van der Waals surface area contributed by atoms with Gasteiger partial charge >= 0.3 is 0 Å². The van der Waals surface area contributed by atoms with E-state index in [1.807, 2.05) is 13.0 Å². The summed E-state index contributed by atoms with van der Waals surface area (Å²) in [5.74, 6) is 0.192. The molecule has 3 rings (SSSR count). The number of hydrogen-bond donors (Lipinski definition) is 0. The van der Waals surface area contributed by atoms with Gasteiger partial charge in [0.25, 0.3) is 0 Å². The van der Waals surface area contributed by atoms with Crippen LogP contribution in [0, 0.1) is 0 Å². The van der Waals surface area contributed by atoms with Gasteiger partial charge in [-0.3, -0.25) is 0 Å². The minimum atomic E-state index is -2.98. The van der Waals surface area contributed by atoms with Crippen molar-refractivity contribution in [3.63, 3.8) is 0 Å². The van der Waals surface area contributed by atoms with Crippen molar-refractivity contribution in [2.45, 2.75) is 75.6 Å². The maximum Gasteiger partial charge on any atom is 0.160 e. The summed E-state index contributed by atoms with van der Waals surface area (Å²) in [7, 11) is -2.98. The quantitative estimate of drug-likeness (QED) is 0.577. The summed E-state index contributed by atoms with van der Waals surface area (Å²) in [4.78, 5) is 0. The molecule has 0 N–H and O–H groups in total. The van der Waals surface area contributed by atoms with Crippen LogP contribution in [0.2, 0.25) is 0 Å². The average Bonchev–Trinajstić information content (AvgIpc) is 3.14. The number of ether oxygens (including phenoxy) is 2. The second kappa shape index (κ2) is 4.31. The molecule has 0 aromatic heterocycles. The molecular formula is C15H24O4S. The van der Waals surface area contributed by atoms with E-state index >= 15 is 0 Å². The molecule has 0 aliphatic carbocycles. The molecule has 114 valence electrons. The zero-order valence-corrected chi connectivity index (χ0v) is 13.5. The van der Waals surface area contributed by atoms with Gasteiger partial charge in [0.2, 0.25) is 0 Å². The summed E-state index contributed by atoms with van der Waals surface area (Å²) in [5.41, 5.74) is 0.851. The lowest BCUT2D eigenvalue weighted by molar-refractivity contribution is 0.274. The zero-order valence-electron chi connectivity index (χ0n) is 12.7. The Hall–Kier alpha value is -0.390. The molecular weight excluding hydrogens is 276 g/mol. The van der Waals surface area contributed by atoms with Crippen molar-refractivity contribution in [2.75, 3.05) is 5.75 Å². The van der Waals surface area contributed by atoms with Gasteiger partial charge in [0, 0.05) is 0 Å². The summed E-state index contributed by atoms with van der Waals surface area (Å²) in [6.07, 6.45) is 4.79. The fourth-order valence-electron chi connectivity index (χ4n) is 3.27. The molecule has 0 radical (unpaired) electrons. The third-order valence-electron chi connectivity index (χ3n) is 5.11. The predicted octanol–water partition coefficient (Wildman–Crippen LogP) is 2.23. The highest BCUT2D eigenvalue weighted by Crippen LogP contribution is 2.48. The summed E-state index contributed by atoms with van der Waals surface area (Å²) >= 11 is 0.